The first-order valence-corrected chi connectivity index (χ1v) is 4.80. The van der Waals surface area contributed by atoms with Gasteiger partial charge in [-0.05, 0) is 6.92 Å². The number of nitrogens with zero attached hydrogens (tertiary/aromatic N) is 2. The van der Waals surface area contributed by atoms with E-state index < -0.39 is 17.9 Å². The number of carbonyl (C=O) groups is 2. The Morgan fingerprint density at radius 2 is 1.88 bits per heavy atom. The second kappa shape index (κ2) is 4.74. The van der Waals surface area contributed by atoms with Gasteiger partial charge in [-0.15, -0.1) is 0 Å². The maximum atomic E-state index is 11.1. The van der Waals surface area contributed by atoms with Crippen LogP contribution in [0.15, 0.2) is 0 Å². The molecule has 92 valence electrons. The van der Waals surface area contributed by atoms with Crippen molar-refractivity contribution in [1.29, 1.82) is 0 Å². The number of amides is 2. The van der Waals surface area contributed by atoms with Gasteiger partial charge < -0.3 is 22.9 Å². The standard InChI is InChI=1S/C9H14N6O2/c1-3-6(8(13)17)14-9(15-7(3)12)4(10)2-5(11)16/h4H,2,10H2,1H3,(H2,11,16)(H2,13,17)(H2,12,14,15). The molecule has 1 aromatic rings. The maximum absolute atomic E-state index is 11.1. The van der Waals surface area contributed by atoms with Crippen LogP contribution in [0.25, 0.3) is 0 Å². The SMILES string of the molecule is Cc1c(N)nc(C(N)CC(N)=O)nc1C(N)=O. The van der Waals surface area contributed by atoms with Crippen LogP contribution in [0, 0.1) is 6.92 Å². The smallest absolute Gasteiger partial charge is 0.267 e. The molecule has 0 aromatic carbocycles. The zero-order chi connectivity index (χ0) is 13.2. The monoisotopic (exact) mass is 238 g/mol. The van der Waals surface area contributed by atoms with Gasteiger partial charge in [-0.3, -0.25) is 9.59 Å². The number of anilines is 1. The van der Waals surface area contributed by atoms with Crippen LogP contribution in [0.3, 0.4) is 0 Å². The van der Waals surface area contributed by atoms with Crippen molar-refractivity contribution in [2.45, 2.75) is 19.4 Å². The summed E-state index contributed by atoms with van der Waals surface area (Å²) in [5.74, 6) is -1.16. The summed E-state index contributed by atoms with van der Waals surface area (Å²) in [6.45, 7) is 1.57. The molecule has 0 saturated heterocycles. The van der Waals surface area contributed by atoms with Gasteiger partial charge in [0.15, 0.2) is 0 Å². The molecule has 1 heterocycles. The highest BCUT2D eigenvalue weighted by atomic mass is 16.1. The van der Waals surface area contributed by atoms with Crippen molar-refractivity contribution in [2.24, 2.45) is 17.2 Å². The first-order chi connectivity index (χ1) is 7.82. The van der Waals surface area contributed by atoms with Gasteiger partial charge in [-0.2, -0.15) is 0 Å². The second-order valence-corrected chi connectivity index (χ2v) is 3.58. The molecule has 0 saturated carbocycles. The van der Waals surface area contributed by atoms with Crippen molar-refractivity contribution in [3.63, 3.8) is 0 Å². The van der Waals surface area contributed by atoms with Crippen LogP contribution in [-0.2, 0) is 4.79 Å². The van der Waals surface area contributed by atoms with Crippen molar-refractivity contribution in [1.82, 2.24) is 9.97 Å². The number of primary amides is 2. The van der Waals surface area contributed by atoms with E-state index in [1.165, 1.54) is 0 Å². The van der Waals surface area contributed by atoms with Gasteiger partial charge in [0.1, 0.15) is 17.3 Å². The lowest BCUT2D eigenvalue weighted by molar-refractivity contribution is -0.118. The first-order valence-electron chi connectivity index (χ1n) is 4.80. The van der Waals surface area contributed by atoms with Gasteiger partial charge in [0, 0.05) is 12.0 Å². The van der Waals surface area contributed by atoms with E-state index in [1.54, 1.807) is 6.92 Å². The normalized spacial score (nSPS) is 12.1. The maximum Gasteiger partial charge on any atom is 0.267 e. The predicted octanol–water partition coefficient (Wildman–Crippen LogP) is -1.66. The van der Waals surface area contributed by atoms with Gasteiger partial charge in [-0.25, -0.2) is 9.97 Å². The molecule has 0 fully saturated rings. The van der Waals surface area contributed by atoms with Crippen molar-refractivity contribution in [3.05, 3.63) is 17.1 Å². The lowest BCUT2D eigenvalue weighted by atomic mass is 10.1. The van der Waals surface area contributed by atoms with E-state index in [2.05, 4.69) is 9.97 Å². The Morgan fingerprint density at radius 3 is 2.35 bits per heavy atom. The van der Waals surface area contributed by atoms with Crippen LogP contribution < -0.4 is 22.9 Å². The molecule has 0 aliphatic heterocycles. The van der Waals surface area contributed by atoms with Crippen LogP contribution in [0.4, 0.5) is 5.82 Å². The molecule has 0 bridgehead atoms. The predicted molar refractivity (Wildman–Crippen MR) is 60.4 cm³/mol. The Balaban J connectivity index is 3.18. The first kappa shape index (κ1) is 12.8. The quantitative estimate of drug-likeness (QED) is 0.490. The third-order valence-electron chi connectivity index (χ3n) is 2.19. The number of carbonyl (C=O) groups excluding carboxylic acids is 2. The van der Waals surface area contributed by atoms with Crippen molar-refractivity contribution >= 4 is 17.6 Å². The van der Waals surface area contributed by atoms with Crippen LogP contribution >= 0.6 is 0 Å². The van der Waals surface area contributed by atoms with E-state index in [4.69, 9.17) is 22.9 Å². The number of rotatable bonds is 4. The van der Waals surface area contributed by atoms with Gasteiger partial charge in [-0.1, -0.05) is 0 Å². The summed E-state index contributed by atoms with van der Waals surface area (Å²) in [7, 11) is 0. The molecule has 8 N–H and O–H groups in total. The number of hydrogen-bond donors (Lipinski definition) is 4. The number of nitrogen functional groups attached to an aromatic ring is 1. The molecule has 2 amide bonds. The summed E-state index contributed by atoms with van der Waals surface area (Å²) in [4.78, 5) is 29.6. The average Bonchev–Trinajstić information content (AvgIpc) is 2.20. The summed E-state index contributed by atoms with van der Waals surface area (Å²) < 4.78 is 0. The topological polar surface area (TPSA) is 164 Å². The van der Waals surface area contributed by atoms with E-state index >= 15 is 0 Å². The molecule has 1 atom stereocenters. The van der Waals surface area contributed by atoms with Gasteiger partial charge >= 0.3 is 0 Å². The summed E-state index contributed by atoms with van der Waals surface area (Å²) >= 11 is 0. The average molecular weight is 238 g/mol. The number of aromatic nitrogens is 2. The zero-order valence-corrected chi connectivity index (χ0v) is 9.30. The Bertz CT molecular complexity index is 473. The molecular weight excluding hydrogens is 224 g/mol. The van der Waals surface area contributed by atoms with E-state index in [-0.39, 0.29) is 23.8 Å². The van der Waals surface area contributed by atoms with E-state index in [0.717, 1.165) is 0 Å². The second-order valence-electron chi connectivity index (χ2n) is 3.58. The van der Waals surface area contributed by atoms with E-state index in [9.17, 15) is 9.59 Å². The fourth-order valence-electron chi connectivity index (χ4n) is 1.27. The van der Waals surface area contributed by atoms with Gasteiger partial charge in [0.05, 0.1) is 6.04 Å². The molecule has 17 heavy (non-hydrogen) atoms. The molecule has 1 unspecified atom stereocenters. The van der Waals surface area contributed by atoms with Crippen molar-refractivity contribution < 1.29 is 9.59 Å². The molecular formula is C9H14N6O2. The van der Waals surface area contributed by atoms with Crippen molar-refractivity contribution in [3.8, 4) is 0 Å². The minimum Gasteiger partial charge on any atom is -0.383 e. The Kier molecular flexibility index (Phi) is 3.59. The van der Waals surface area contributed by atoms with Gasteiger partial charge in [0.25, 0.3) is 5.91 Å². The minimum atomic E-state index is -0.812. The van der Waals surface area contributed by atoms with Crippen LogP contribution in [0.2, 0.25) is 0 Å². The Hall–Kier alpha value is -2.22. The lowest BCUT2D eigenvalue weighted by Gasteiger charge is -2.11. The number of hydrogen-bond acceptors (Lipinski definition) is 6. The molecule has 0 spiro atoms. The molecule has 0 aliphatic rings. The summed E-state index contributed by atoms with van der Waals surface area (Å²) in [6.07, 6.45) is -0.138. The molecule has 0 aliphatic carbocycles. The summed E-state index contributed by atoms with van der Waals surface area (Å²) in [5.41, 5.74) is 21.8. The number of nitrogens with two attached hydrogens (primary N) is 4. The molecule has 1 aromatic heterocycles. The van der Waals surface area contributed by atoms with Crippen LogP contribution in [-0.4, -0.2) is 21.8 Å². The van der Waals surface area contributed by atoms with E-state index in [1.807, 2.05) is 0 Å². The third-order valence-corrected chi connectivity index (χ3v) is 2.19. The third kappa shape index (κ3) is 2.88. The minimum absolute atomic E-state index is 0.00702. The molecule has 8 nitrogen and oxygen atoms in total. The fourth-order valence-corrected chi connectivity index (χ4v) is 1.27. The lowest BCUT2D eigenvalue weighted by Crippen LogP contribution is -2.25. The summed E-state index contributed by atoms with van der Waals surface area (Å²) in [5, 5.41) is 0. The largest absolute Gasteiger partial charge is 0.383 e. The zero-order valence-electron chi connectivity index (χ0n) is 9.30. The fraction of sp³-hybridized carbons (Fsp3) is 0.333. The molecule has 0 radical (unpaired) electrons. The Morgan fingerprint density at radius 1 is 1.29 bits per heavy atom. The highest BCUT2D eigenvalue weighted by Gasteiger charge is 2.18. The molecule has 8 heteroatoms. The van der Waals surface area contributed by atoms with Crippen molar-refractivity contribution in [2.75, 3.05) is 5.73 Å². The highest BCUT2D eigenvalue weighted by molar-refractivity contribution is 5.93. The summed E-state index contributed by atoms with van der Waals surface area (Å²) in [6, 6.07) is -0.812. The van der Waals surface area contributed by atoms with Crippen LogP contribution in [0.5, 0.6) is 0 Å². The Labute approximate surface area is 97.4 Å². The molecule has 1 rings (SSSR count). The van der Waals surface area contributed by atoms with Crippen LogP contribution in [0.1, 0.15) is 34.3 Å². The highest BCUT2D eigenvalue weighted by Crippen LogP contribution is 2.16. The van der Waals surface area contributed by atoms with Gasteiger partial charge in [0.2, 0.25) is 5.91 Å². The van der Waals surface area contributed by atoms with E-state index in [0.29, 0.717) is 5.56 Å².